The van der Waals surface area contributed by atoms with Gasteiger partial charge >= 0.3 is 12.0 Å². The fourth-order valence-electron chi connectivity index (χ4n) is 3.44. The molecule has 0 aromatic carbocycles. The zero-order valence-corrected chi connectivity index (χ0v) is 12.7. The van der Waals surface area contributed by atoms with E-state index in [2.05, 4.69) is 19.2 Å². The average Bonchev–Trinajstić information content (AvgIpc) is 2.77. The molecule has 0 bridgehead atoms. The number of carbonyl (C=O) groups excluding carboxylic acids is 1. The van der Waals surface area contributed by atoms with Gasteiger partial charge in [0, 0.05) is 12.6 Å². The maximum absolute atomic E-state index is 12.4. The summed E-state index contributed by atoms with van der Waals surface area (Å²) < 4.78 is 0. The van der Waals surface area contributed by atoms with Crippen molar-refractivity contribution in [1.29, 1.82) is 0 Å². The van der Waals surface area contributed by atoms with Crippen LogP contribution in [0.5, 0.6) is 0 Å². The zero-order chi connectivity index (χ0) is 14.9. The summed E-state index contributed by atoms with van der Waals surface area (Å²) in [6.07, 6.45) is 4.41. The number of nitrogens with one attached hydrogen (secondary N) is 1. The molecule has 0 radical (unpaired) electrons. The van der Waals surface area contributed by atoms with E-state index in [1.165, 1.54) is 4.90 Å². The van der Waals surface area contributed by atoms with Crippen LogP contribution in [0.4, 0.5) is 4.79 Å². The number of amides is 2. The minimum atomic E-state index is -1.04. The Hall–Kier alpha value is -1.26. The number of nitrogens with zero attached hydrogens (tertiary/aromatic N) is 1. The third-order valence-electron chi connectivity index (χ3n) is 5.27. The minimum absolute atomic E-state index is 0.187. The Balaban J connectivity index is 1.97. The fraction of sp³-hybridized carbons (Fsp3) is 0.867. The summed E-state index contributed by atoms with van der Waals surface area (Å²) in [6, 6.07) is -0.0218. The first-order valence-corrected chi connectivity index (χ1v) is 7.66. The fourth-order valence-corrected chi connectivity index (χ4v) is 3.44. The van der Waals surface area contributed by atoms with Gasteiger partial charge in [-0.15, -0.1) is 0 Å². The van der Waals surface area contributed by atoms with Crippen LogP contribution >= 0.6 is 0 Å². The van der Waals surface area contributed by atoms with Crippen LogP contribution in [-0.2, 0) is 4.79 Å². The summed E-state index contributed by atoms with van der Waals surface area (Å²) >= 11 is 0. The molecule has 5 heteroatoms. The molecule has 4 atom stereocenters. The number of aliphatic carboxylic acids is 1. The van der Waals surface area contributed by atoms with Crippen molar-refractivity contribution in [3.8, 4) is 0 Å². The molecule has 4 unspecified atom stereocenters. The van der Waals surface area contributed by atoms with Crippen LogP contribution in [0, 0.1) is 11.8 Å². The molecule has 2 aliphatic rings. The third kappa shape index (κ3) is 2.76. The first-order chi connectivity index (χ1) is 9.34. The minimum Gasteiger partial charge on any atom is -0.480 e. The smallest absolute Gasteiger partial charge is 0.329 e. The summed E-state index contributed by atoms with van der Waals surface area (Å²) in [5, 5.41) is 12.4. The van der Waals surface area contributed by atoms with Crippen molar-refractivity contribution in [3.05, 3.63) is 0 Å². The molecule has 1 saturated heterocycles. The highest BCUT2D eigenvalue weighted by Gasteiger charge is 2.46. The van der Waals surface area contributed by atoms with Gasteiger partial charge in [-0.25, -0.2) is 9.59 Å². The van der Waals surface area contributed by atoms with E-state index in [9.17, 15) is 14.7 Å². The van der Waals surface area contributed by atoms with Gasteiger partial charge in [0.1, 0.15) is 5.54 Å². The Morgan fingerprint density at radius 2 is 1.95 bits per heavy atom. The number of urea groups is 1. The summed E-state index contributed by atoms with van der Waals surface area (Å²) in [4.78, 5) is 25.3. The van der Waals surface area contributed by atoms with Gasteiger partial charge in [0.25, 0.3) is 0 Å². The van der Waals surface area contributed by atoms with E-state index in [4.69, 9.17) is 0 Å². The van der Waals surface area contributed by atoms with Gasteiger partial charge in [-0.05, 0) is 50.9 Å². The van der Waals surface area contributed by atoms with Crippen LogP contribution in [0.25, 0.3) is 0 Å². The van der Waals surface area contributed by atoms with E-state index in [0.29, 0.717) is 24.8 Å². The number of likely N-dealkylation sites (tertiary alicyclic amines) is 1. The molecule has 2 rings (SSSR count). The molecule has 0 spiro atoms. The molecule has 5 nitrogen and oxygen atoms in total. The number of rotatable bonds is 2. The predicted octanol–water partition coefficient (Wildman–Crippen LogP) is 2.46. The Kier molecular flexibility index (Phi) is 4.25. The van der Waals surface area contributed by atoms with Crippen molar-refractivity contribution in [3.63, 3.8) is 0 Å². The number of hydrogen-bond acceptors (Lipinski definition) is 2. The molecule has 2 N–H and O–H groups in total. The third-order valence-corrected chi connectivity index (χ3v) is 5.27. The molecular formula is C15H26N2O3. The normalized spacial score (nSPS) is 37.8. The van der Waals surface area contributed by atoms with Crippen LogP contribution < -0.4 is 5.32 Å². The van der Waals surface area contributed by atoms with Crippen molar-refractivity contribution in [1.82, 2.24) is 10.2 Å². The van der Waals surface area contributed by atoms with E-state index in [0.717, 1.165) is 25.7 Å². The summed E-state index contributed by atoms with van der Waals surface area (Å²) in [6.45, 7) is 6.66. The molecule has 2 amide bonds. The van der Waals surface area contributed by atoms with Gasteiger partial charge in [0.2, 0.25) is 0 Å². The van der Waals surface area contributed by atoms with Crippen LogP contribution in [0.3, 0.4) is 0 Å². The van der Waals surface area contributed by atoms with E-state index >= 15 is 0 Å². The van der Waals surface area contributed by atoms with Gasteiger partial charge in [-0.1, -0.05) is 13.8 Å². The summed E-state index contributed by atoms with van der Waals surface area (Å²) in [7, 11) is 0. The maximum atomic E-state index is 12.4. The second kappa shape index (κ2) is 5.62. The molecule has 114 valence electrons. The largest absolute Gasteiger partial charge is 0.480 e. The topological polar surface area (TPSA) is 69.6 Å². The molecule has 1 saturated carbocycles. The second-order valence-electron chi connectivity index (χ2n) is 6.75. The standard InChI is InChI=1S/C15H26N2O3/c1-10-5-6-12(9-11(10)2)16-14(20)17-8-4-7-15(17,3)13(18)19/h10-12H,4-9H2,1-3H3,(H,16,20)(H,18,19). The van der Waals surface area contributed by atoms with Crippen molar-refractivity contribution >= 4 is 12.0 Å². The second-order valence-corrected chi connectivity index (χ2v) is 6.75. The lowest BCUT2D eigenvalue weighted by molar-refractivity contribution is -0.147. The van der Waals surface area contributed by atoms with Crippen LogP contribution in [0.15, 0.2) is 0 Å². The highest BCUT2D eigenvalue weighted by atomic mass is 16.4. The lowest BCUT2D eigenvalue weighted by Gasteiger charge is -2.36. The summed E-state index contributed by atoms with van der Waals surface area (Å²) in [5.41, 5.74) is -1.04. The summed E-state index contributed by atoms with van der Waals surface area (Å²) in [5.74, 6) is 0.411. The molecule has 20 heavy (non-hydrogen) atoms. The van der Waals surface area contributed by atoms with Crippen molar-refractivity contribution in [2.24, 2.45) is 11.8 Å². The molecule has 0 aromatic heterocycles. The molecule has 1 aliphatic heterocycles. The Morgan fingerprint density at radius 3 is 2.55 bits per heavy atom. The van der Waals surface area contributed by atoms with Crippen molar-refractivity contribution in [2.75, 3.05) is 6.54 Å². The van der Waals surface area contributed by atoms with Crippen molar-refractivity contribution < 1.29 is 14.7 Å². The highest BCUT2D eigenvalue weighted by Crippen LogP contribution is 2.31. The van der Waals surface area contributed by atoms with E-state index in [1.807, 2.05) is 0 Å². The van der Waals surface area contributed by atoms with Crippen LogP contribution in [0.1, 0.15) is 52.9 Å². The average molecular weight is 282 g/mol. The van der Waals surface area contributed by atoms with E-state index in [1.54, 1.807) is 6.92 Å². The Morgan fingerprint density at radius 1 is 1.25 bits per heavy atom. The highest BCUT2D eigenvalue weighted by molar-refractivity contribution is 5.86. The van der Waals surface area contributed by atoms with Gasteiger partial charge in [0.05, 0.1) is 0 Å². The lowest BCUT2D eigenvalue weighted by Crippen LogP contribution is -2.56. The number of carbonyl (C=O) groups is 2. The SMILES string of the molecule is CC1CCC(NC(=O)N2CCCC2(C)C(=O)O)CC1C. The number of carboxylic acids is 1. The Bertz CT molecular complexity index is 399. The number of carboxylic acid groups (broad SMARTS) is 1. The molecule has 1 heterocycles. The lowest BCUT2D eigenvalue weighted by atomic mass is 9.79. The number of hydrogen-bond donors (Lipinski definition) is 2. The molecule has 1 aliphatic carbocycles. The van der Waals surface area contributed by atoms with E-state index < -0.39 is 11.5 Å². The predicted molar refractivity (Wildman–Crippen MR) is 76.5 cm³/mol. The van der Waals surface area contributed by atoms with Crippen LogP contribution in [-0.4, -0.2) is 40.1 Å². The molecular weight excluding hydrogens is 256 g/mol. The molecule has 0 aromatic rings. The van der Waals surface area contributed by atoms with Gasteiger partial charge in [-0.3, -0.25) is 0 Å². The monoisotopic (exact) mass is 282 g/mol. The zero-order valence-electron chi connectivity index (χ0n) is 12.7. The quantitative estimate of drug-likeness (QED) is 0.817. The molecule has 2 fully saturated rings. The first kappa shape index (κ1) is 15.1. The van der Waals surface area contributed by atoms with Gasteiger partial charge in [0.15, 0.2) is 0 Å². The maximum Gasteiger partial charge on any atom is 0.329 e. The van der Waals surface area contributed by atoms with Crippen LogP contribution in [0.2, 0.25) is 0 Å². The Labute approximate surface area is 120 Å². The van der Waals surface area contributed by atoms with E-state index in [-0.39, 0.29) is 12.1 Å². The van der Waals surface area contributed by atoms with Gasteiger partial charge < -0.3 is 15.3 Å². The van der Waals surface area contributed by atoms with Gasteiger partial charge in [-0.2, -0.15) is 0 Å². The first-order valence-electron chi connectivity index (χ1n) is 7.66. The van der Waals surface area contributed by atoms with Crippen molar-refractivity contribution in [2.45, 2.75) is 64.5 Å².